The standard InChI is InChI=1S/C20H18N4O6/c1-13-6-8-14(9-7-13)20-22-18(30-23-20)10-11-19(26)29-12-17(25)21-15-4-2-3-5-16(15)24(27)28/h2-9H,10-12H2,1H3,(H,21,25). The first-order chi connectivity index (χ1) is 14.4. The second kappa shape index (κ2) is 9.41. The Morgan fingerprint density at radius 2 is 1.90 bits per heavy atom. The number of rotatable bonds is 8. The van der Waals surface area contributed by atoms with Crippen molar-refractivity contribution in [3.05, 3.63) is 70.1 Å². The minimum atomic E-state index is -0.683. The van der Waals surface area contributed by atoms with Gasteiger partial charge in [0.1, 0.15) is 5.69 Å². The molecule has 0 bridgehead atoms. The summed E-state index contributed by atoms with van der Waals surface area (Å²) < 4.78 is 10.0. The molecule has 0 saturated heterocycles. The number of carbonyl (C=O) groups excluding carboxylic acids is 2. The van der Waals surface area contributed by atoms with Gasteiger partial charge >= 0.3 is 5.97 Å². The van der Waals surface area contributed by atoms with Gasteiger partial charge in [-0.3, -0.25) is 19.7 Å². The Morgan fingerprint density at radius 3 is 2.63 bits per heavy atom. The van der Waals surface area contributed by atoms with Crippen LogP contribution in [0.2, 0.25) is 0 Å². The number of nitro groups is 1. The van der Waals surface area contributed by atoms with Gasteiger partial charge in [-0.15, -0.1) is 0 Å². The molecule has 3 rings (SSSR count). The van der Waals surface area contributed by atoms with E-state index in [4.69, 9.17) is 9.26 Å². The van der Waals surface area contributed by atoms with Crippen molar-refractivity contribution in [1.29, 1.82) is 0 Å². The summed E-state index contributed by atoms with van der Waals surface area (Å²) in [5.41, 5.74) is 1.68. The van der Waals surface area contributed by atoms with E-state index in [2.05, 4.69) is 15.5 Å². The number of nitrogens with one attached hydrogen (secondary N) is 1. The maximum atomic E-state index is 11.9. The van der Waals surface area contributed by atoms with Gasteiger partial charge in [0.15, 0.2) is 6.61 Å². The van der Waals surface area contributed by atoms with Crippen LogP contribution < -0.4 is 5.32 Å². The summed E-state index contributed by atoms with van der Waals surface area (Å²) in [6.45, 7) is 1.40. The summed E-state index contributed by atoms with van der Waals surface area (Å²) in [6, 6.07) is 13.3. The van der Waals surface area contributed by atoms with E-state index in [0.29, 0.717) is 5.82 Å². The molecule has 154 valence electrons. The molecular weight excluding hydrogens is 392 g/mol. The molecule has 0 atom stereocenters. The highest BCUT2D eigenvalue weighted by Crippen LogP contribution is 2.23. The van der Waals surface area contributed by atoms with Crippen molar-refractivity contribution in [2.45, 2.75) is 19.8 Å². The van der Waals surface area contributed by atoms with Crippen LogP contribution in [0.3, 0.4) is 0 Å². The Balaban J connectivity index is 1.46. The lowest BCUT2D eigenvalue weighted by Gasteiger charge is -2.06. The number of nitro benzene ring substituents is 1. The second-order valence-corrected chi connectivity index (χ2v) is 6.36. The number of hydrogen-bond donors (Lipinski definition) is 1. The van der Waals surface area contributed by atoms with Gasteiger partial charge in [0.25, 0.3) is 11.6 Å². The number of para-hydroxylation sites is 2. The van der Waals surface area contributed by atoms with Gasteiger partial charge in [-0.05, 0) is 13.0 Å². The first kappa shape index (κ1) is 20.6. The number of nitrogens with zero attached hydrogens (tertiary/aromatic N) is 3. The summed E-state index contributed by atoms with van der Waals surface area (Å²) in [4.78, 5) is 38.3. The molecular formula is C20H18N4O6. The third kappa shape index (κ3) is 5.47. The lowest BCUT2D eigenvalue weighted by Crippen LogP contribution is -2.21. The highest BCUT2D eigenvalue weighted by atomic mass is 16.6. The van der Waals surface area contributed by atoms with Crippen molar-refractivity contribution in [3.8, 4) is 11.4 Å². The SMILES string of the molecule is Cc1ccc(-c2noc(CCC(=O)OCC(=O)Nc3ccccc3[N+](=O)[O-])n2)cc1. The van der Waals surface area contributed by atoms with E-state index in [0.717, 1.165) is 11.1 Å². The van der Waals surface area contributed by atoms with Crippen LogP contribution in [-0.4, -0.2) is 33.5 Å². The molecule has 0 aliphatic carbocycles. The van der Waals surface area contributed by atoms with E-state index >= 15 is 0 Å². The average Bonchev–Trinajstić information content (AvgIpc) is 3.20. The molecule has 1 N–H and O–H groups in total. The molecule has 30 heavy (non-hydrogen) atoms. The van der Waals surface area contributed by atoms with Gasteiger partial charge in [-0.2, -0.15) is 4.98 Å². The number of benzene rings is 2. The van der Waals surface area contributed by atoms with Crippen molar-refractivity contribution in [2.75, 3.05) is 11.9 Å². The predicted octanol–water partition coefficient (Wildman–Crippen LogP) is 3.07. The van der Waals surface area contributed by atoms with Crippen molar-refractivity contribution in [2.24, 2.45) is 0 Å². The monoisotopic (exact) mass is 410 g/mol. The van der Waals surface area contributed by atoms with E-state index in [-0.39, 0.29) is 30.1 Å². The van der Waals surface area contributed by atoms with Crippen molar-refractivity contribution in [3.63, 3.8) is 0 Å². The van der Waals surface area contributed by atoms with E-state index < -0.39 is 23.4 Å². The normalized spacial score (nSPS) is 10.4. The average molecular weight is 410 g/mol. The van der Waals surface area contributed by atoms with Crippen LogP contribution in [0.5, 0.6) is 0 Å². The fraction of sp³-hybridized carbons (Fsp3) is 0.200. The summed E-state index contributed by atoms with van der Waals surface area (Å²) in [5, 5.41) is 17.2. The van der Waals surface area contributed by atoms with E-state index in [1.165, 1.54) is 18.2 Å². The molecule has 0 saturated carbocycles. The second-order valence-electron chi connectivity index (χ2n) is 6.36. The Kier molecular flexibility index (Phi) is 6.48. The molecule has 2 aromatic carbocycles. The smallest absolute Gasteiger partial charge is 0.306 e. The molecule has 0 spiro atoms. The number of carbonyl (C=O) groups is 2. The molecule has 3 aromatic rings. The highest BCUT2D eigenvalue weighted by molar-refractivity contribution is 5.94. The molecule has 10 nitrogen and oxygen atoms in total. The summed E-state index contributed by atoms with van der Waals surface area (Å²) in [7, 11) is 0. The molecule has 0 fully saturated rings. The molecule has 0 aliphatic heterocycles. The molecule has 1 aromatic heterocycles. The minimum Gasteiger partial charge on any atom is -0.456 e. The zero-order valence-corrected chi connectivity index (χ0v) is 16.0. The third-order valence-corrected chi connectivity index (χ3v) is 4.06. The molecule has 0 unspecified atom stereocenters. The van der Waals surface area contributed by atoms with Crippen LogP contribution in [0, 0.1) is 17.0 Å². The maximum Gasteiger partial charge on any atom is 0.306 e. The fourth-order valence-corrected chi connectivity index (χ4v) is 2.53. The zero-order valence-electron chi connectivity index (χ0n) is 16.0. The zero-order chi connectivity index (χ0) is 21.5. The Morgan fingerprint density at radius 1 is 1.17 bits per heavy atom. The number of aromatic nitrogens is 2. The topological polar surface area (TPSA) is 137 Å². The molecule has 0 radical (unpaired) electrons. The number of esters is 1. The first-order valence-electron chi connectivity index (χ1n) is 9.01. The van der Waals surface area contributed by atoms with Crippen LogP contribution in [-0.2, 0) is 20.7 Å². The summed E-state index contributed by atoms with van der Waals surface area (Å²) in [6.07, 6.45) is 0.0950. The number of ether oxygens (including phenoxy) is 1. The number of aryl methyl sites for hydroxylation is 2. The molecule has 1 amide bonds. The van der Waals surface area contributed by atoms with E-state index in [1.807, 2.05) is 31.2 Å². The van der Waals surface area contributed by atoms with Crippen LogP contribution in [0.25, 0.3) is 11.4 Å². The summed E-state index contributed by atoms with van der Waals surface area (Å²) >= 11 is 0. The van der Waals surface area contributed by atoms with Gasteiger partial charge in [0.2, 0.25) is 11.7 Å². The third-order valence-electron chi connectivity index (χ3n) is 4.06. The minimum absolute atomic E-state index is 0.0260. The van der Waals surface area contributed by atoms with Crippen LogP contribution in [0.4, 0.5) is 11.4 Å². The van der Waals surface area contributed by atoms with E-state index in [9.17, 15) is 19.7 Å². The fourth-order valence-electron chi connectivity index (χ4n) is 2.53. The highest BCUT2D eigenvalue weighted by Gasteiger charge is 2.16. The quantitative estimate of drug-likeness (QED) is 0.340. The van der Waals surface area contributed by atoms with Crippen molar-refractivity contribution in [1.82, 2.24) is 10.1 Å². The van der Waals surface area contributed by atoms with Gasteiger partial charge in [0, 0.05) is 18.1 Å². The Bertz CT molecular complexity index is 1060. The van der Waals surface area contributed by atoms with Gasteiger partial charge in [0.05, 0.1) is 11.3 Å². The molecule has 1 heterocycles. The van der Waals surface area contributed by atoms with E-state index in [1.54, 1.807) is 6.07 Å². The lowest BCUT2D eigenvalue weighted by molar-refractivity contribution is -0.383. The number of anilines is 1. The van der Waals surface area contributed by atoms with Gasteiger partial charge < -0.3 is 14.6 Å². The Hall–Kier alpha value is -4.08. The summed E-state index contributed by atoms with van der Waals surface area (Å²) in [5.74, 6) is -0.631. The Labute approximate surface area is 171 Å². The maximum absolute atomic E-state index is 11.9. The lowest BCUT2D eigenvalue weighted by atomic mass is 10.1. The van der Waals surface area contributed by atoms with Crippen LogP contribution in [0.15, 0.2) is 53.1 Å². The van der Waals surface area contributed by atoms with Crippen molar-refractivity contribution >= 4 is 23.3 Å². The number of hydrogen-bond acceptors (Lipinski definition) is 8. The first-order valence-corrected chi connectivity index (χ1v) is 9.01. The van der Waals surface area contributed by atoms with Crippen molar-refractivity contribution < 1.29 is 23.8 Å². The molecule has 10 heteroatoms. The molecule has 0 aliphatic rings. The van der Waals surface area contributed by atoms with Gasteiger partial charge in [-0.1, -0.05) is 47.1 Å². The van der Waals surface area contributed by atoms with Crippen LogP contribution in [0.1, 0.15) is 17.9 Å². The number of amides is 1. The largest absolute Gasteiger partial charge is 0.456 e. The van der Waals surface area contributed by atoms with Crippen LogP contribution >= 0.6 is 0 Å². The predicted molar refractivity (Wildman–Crippen MR) is 105 cm³/mol. The van der Waals surface area contributed by atoms with Gasteiger partial charge in [-0.25, -0.2) is 0 Å².